The molecule has 0 saturated heterocycles. The van der Waals surface area contributed by atoms with Crippen LogP contribution in [-0.4, -0.2) is 41.6 Å². The molecule has 3 rings (SSSR count). The van der Waals surface area contributed by atoms with Gasteiger partial charge in [0.25, 0.3) is 0 Å². The summed E-state index contributed by atoms with van der Waals surface area (Å²) in [7, 11) is 1.50. The minimum absolute atomic E-state index is 0.282. The fourth-order valence-corrected chi connectivity index (χ4v) is 2.30. The maximum absolute atomic E-state index is 12.4. The maximum atomic E-state index is 12.4. The van der Waals surface area contributed by atoms with Gasteiger partial charge in [0, 0.05) is 23.6 Å². The van der Waals surface area contributed by atoms with Crippen LogP contribution in [0.4, 0.5) is 0 Å². The number of aliphatic imine (C=N–C) groups is 2. The first-order valence-corrected chi connectivity index (χ1v) is 6.97. The molecule has 1 atom stereocenters. The molecule has 0 N–H and O–H groups in total. The third kappa shape index (κ3) is 2.72. The zero-order chi connectivity index (χ0) is 15.5. The summed E-state index contributed by atoms with van der Waals surface area (Å²) in [5.74, 6) is -0.194. The molecule has 0 aliphatic carbocycles. The van der Waals surface area contributed by atoms with E-state index < -0.39 is 5.92 Å². The van der Waals surface area contributed by atoms with Crippen molar-refractivity contribution in [2.24, 2.45) is 15.9 Å². The third-order valence-electron chi connectivity index (χ3n) is 3.48. The quantitative estimate of drug-likeness (QED) is 0.838. The Morgan fingerprint density at radius 2 is 2.41 bits per heavy atom. The molecule has 0 radical (unpaired) electrons. The Hall–Kier alpha value is -2.64. The average molecular weight is 304 g/mol. The molecule has 1 unspecified atom stereocenters. The number of hydroxylamine groups is 2. The van der Waals surface area contributed by atoms with E-state index in [1.165, 1.54) is 12.2 Å². The Morgan fingerprint density at radius 1 is 1.55 bits per heavy atom. The lowest BCUT2D eigenvalue weighted by Crippen LogP contribution is -2.36. The van der Waals surface area contributed by atoms with Crippen molar-refractivity contribution in [3.63, 3.8) is 0 Å². The van der Waals surface area contributed by atoms with Crippen molar-refractivity contribution >= 4 is 23.8 Å². The van der Waals surface area contributed by atoms with E-state index in [9.17, 15) is 4.79 Å². The van der Waals surface area contributed by atoms with Crippen molar-refractivity contribution in [1.82, 2.24) is 10.2 Å². The smallest absolute Gasteiger partial charge is 0.342 e. The minimum Gasteiger partial charge on any atom is -0.467 e. The molecule has 3 heterocycles. The predicted octanol–water partition coefficient (Wildman–Crippen LogP) is 1.40. The molecule has 8 heteroatoms. The molecule has 2 aliphatic rings. The summed E-state index contributed by atoms with van der Waals surface area (Å²) in [6.45, 7) is 2.62. The zero-order valence-corrected chi connectivity index (χ0v) is 12.4. The number of methoxy groups -OCH3 is 1. The molecule has 22 heavy (non-hydrogen) atoms. The lowest BCUT2D eigenvalue weighted by Gasteiger charge is -2.25. The van der Waals surface area contributed by atoms with E-state index in [1.807, 2.05) is 6.92 Å². The number of ether oxygens (including phenoxy) is 1. The van der Waals surface area contributed by atoms with Crippen LogP contribution in [0.15, 0.2) is 26.9 Å². The monoisotopic (exact) mass is 304 g/mol. The molecule has 1 aromatic rings. The number of hydrogen-bond acceptors (Lipinski definition) is 8. The van der Waals surface area contributed by atoms with E-state index >= 15 is 0 Å². The molecule has 116 valence electrons. The zero-order valence-electron chi connectivity index (χ0n) is 12.4. The second-order valence-corrected chi connectivity index (χ2v) is 4.85. The SMILES string of the molecule is CCC1=NC(OC)=NCC1C(=O)ON1C=Cc2oncc2C1. The van der Waals surface area contributed by atoms with Crippen molar-refractivity contribution in [2.75, 3.05) is 13.7 Å². The first-order chi connectivity index (χ1) is 10.7. The van der Waals surface area contributed by atoms with Gasteiger partial charge < -0.3 is 14.1 Å². The number of aromatic nitrogens is 1. The Labute approximate surface area is 127 Å². The van der Waals surface area contributed by atoms with Gasteiger partial charge in [-0.15, -0.1) is 0 Å². The van der Waals surface area contributed by atoms with Gasteiger partial charge in [0.1, 0.15) is 5.92 Å². The van der Waals surface area contributed by atoms with Crippen molar-refractivity contribution in [2.45, 2.75) is 19.9 Å². The molecule has 2 aliphatic heterocycles. The molecular formula is C14H16N4O4. The molecular weight excluding hydrogens is 288 g/mol. The number of rotatable bonds is 3. The van der Waals surface area contributed by atoms with Gasteiger partial charge in [0.2, 0.25) is 0 Å². The molecule has 0 saturated carbocycles. The fraction of sp³-hybridized carbons (Fsp3) is 0.429. The Morgan fingerprint density at radius 3 is 3.18 bits per heavy atom. The normalized spacial score (nSPS) is 20.1. The summed E-state index contributed by atoms with van der Waals surface area (Å²) >= 11 is 0. The molecule has 1 aromatic heterocycles. The van der Waals surface area contributed by atoms with Crippen LogP contribution in [0.2, 0.25) is 0 Å². The summed E-state index contributed by atoms with van der Waals surface area (Å²) in [5, 5.41) is 5.16. The van der Waals surface area contributed by atoms with Gasteiger partial charge in [-0.2, -0.15) is 0 Å². The van der Waals surface area contributed by atoms with Crippen LogP contribution in [0.5, 0.6) is 0 Å². The van der Waals surface area contributed by atoms with Crippen molar-refractivity contribution in [3.8, 4) is 0 Å². The summed E-state index contributed by atoms with van der Waals surface area (Å²) in [6, 6.07) is 0.299. The Kier molecular flexibility index (Phi) is 3.90. The van der Waals surface area contributed by atoms with Crippen LogP contribution < -0.4 is 0 Å². The Balaban J connectivity index is 1.66. The number of nitrogens with zero attached hydrogens (tertiary/aromatic N) is 4. The molecule has 0 aromatic carbocycles. The van der Waals surface area contributed by atoms with E-state index in [-0.39, 0.29) is 12.5 Å². The highest BCUT2D eigenvalue weighted by Gasteiger charge is 2.30. The summed E-state index contributed by atoms with van der Waals surface area (Å²) in [4.78, 5) is 26.1. The molecule has 0 bridgehead atoms. The van der Waals surface area contributed by atoms with Crippen LogP contribution >= 0.6 is 0 Å². The van der Waals surface area contributed by atoms with Crippen molar-refractivity contribution in [3.05, 3.63) is 23.7 Å². The van der Waals surface area contributed by atoms with Crippen molar-refractivity contribution in [1.29, 1.82) is 0 Å². The summed E-state index contributed by atoms with van der Waals surface area (Å²) < 4.78 is 10.0. The average Bonchev–Trinajstić information content (AvgIpc) is 3.01. The fourth-order valence-electron chi connectivity index (χ4n) is 2.30. The lowest BCUT2D eigenvalue weighted by atomic mass is 10.0. The van der Waals surface area contributed by atoms with Gasteiger partial charge in [-0.25, -0.2) is 19.8 Å². The minimum atomic E-state index is -0.485. The second kappa shape index (κ2) is 6.00. The number of carbonyl (C=O) groups is 1. The van der Waals surface area contributed by atoms with Gasteiger partial charge in [-0.3, -0.25) is 0 Å². The summed E-state index contributed by atoms with van der Waals surface area (Å²) in [6.07, 6.45) is 5.58. The standard InChI is InChI=1S/C14H16N4O4/c1-3-11-10(7-15-14(17-11)20-2)13(19)22-18-5-4-12-9(8-18)6-16-21-12/h4-6,10H,3,7-8H2,1-2H3. The van der Waals surface area contributed by atoms with E-state index in [1.54, 1.807) is 18.5 Å². The second-order valence-electron chi connectivity index (χ2n) is 4.85. The largest absolute Gasteiger partial charge is 0.467 e. The van der Waals surface area contributed by atoms with Crippen LogP contribution in [0, 0.1) is 5.92 Å². The van der Waals surface area contributed by atoms with Crippen LogP contribution in [0.25, 0.3) is 6.08 Å². The van der Waals surface area contributed by atoms with Gasteiger partial charge in [0.15, 0.2) is 5.76 Å². The number of hydrogen-bond donors (Lipinski definition) is 0. The van der Waals surface area contributed by atoms with E-state index in [0.717, 1.165) is 5.56 Å². The lowest BCUT2D eigenvalue weighted by molar-refractivity contribution is -0.183. The van der Waals surface area contributed by atoms with E-state index in [0.29, 0.717) is 30.5 Å². The molecule has 0 fully saturated rings. The first-order valence-electron chi connectivity index (χ1n) is 6.97. The van der Waals surface area contributed by atoms with Crippen molar-refractivity contribution < 1.29 is 18.9 Å². The number of fused-ring (bicyclic) bond motifs is 1. The highest BCUT2D eigenvalue weighted by Crippen LogP contribution is 2.21. The number of carbonyl (C=O) groups excluding carboxylic acids is 1. The van der Waals surface area contributed by atoms with Gasteiger partial charge in [-0.05, 0) is 6.42 Å². The van der Waals surface area contributed by atoms with Crippen LogP contribution in [0.3, 0.4) is 0 Å². The molecule has 0 amide bonds. The van der Waals surface area contributed by atoms with Gasteiger partial charge >= 0.3 is 12.0 Å². The molecule has 0 spiro atoms. The van der Waals surface area contributed by atoms with E-state index in [2.05, 4.69) is 15.1 Å². The van der Waals surface area contributed by atoms with Gasteiger partial charge in [0.05, 0.1) is 26.4 Å². The molecule has 8 nitrogen and oxygen atoms in total. The van der Waals surface area contributed by atoms with Crippen LogP contribution in [0.1, 0.15) is 24.7 Å². The topological polar surface area (TPSA) is 89.5 Å². The third-order valence-corrected chi connectivity index (χ3v) is 3.48. The number of amidine groups is 1. The maximum Gasteiger partial charge on any atom is 0.342 e. The highest BCUT2D eigenvalue weighted by atomic mass is 16.7. The Bertz CT molecular complexity index is 662. The summed E-state index contributed by atoms with van der Waals surface area (Å²) in [5.41, 5.74) is 1.58. The predicted molar refractivity (Wildman–Crippen MR) is 77.7 cm³/mol. The van der Waals surface area contributed by atoms with Crippen LogP contribution in [-0.2, 0) is 20.9 Å². The van der Waals surface area contributed by atoms with Gasteiger partial charge in [-0.1, -0.05) is 12.1 Å². The van der Waals surface area contributed by atoms with E-state index in [4.69, 9.17) is 14.1 Å². The first kappa shape index (κ1) is 14.3. The highest BCUT2D eigenvalue weighted by molar-refractivity contribution is 6.07.